The van der Waals surface area contributed by atoms with E-state index < -0.39 is 0 Å². The number of amides is 1. The molecular weight excluding hydrogens is 499 g/mol. The smallest absolute Gasteiger partial charge is 0.252 e. The number of hydrogen-bond acceptors (Lipinski definition) is 2. The fraction of sp³-hybridized carbons (Fsp3) is 0.235. The highest BCUT2D eigenvalue weighted by Crippen LogP contribution is 2.55. The fourth-order valence-electron chi connectivity index (χ4n) is 6.87. The van der Waals surface area contributed by atoms with Gasteiger partial charge in [-0.25, -0.2) is 9.07 Å². The SMILES string of the molecule is CC12Cc3cnn(-c4ccc(F)cc4)c3C=C1CCC2CC(NC(=O)c1cccc2[nH]ccc12)c1ccccc1. The minimum absolute atomic E-state index is 0.0118. The van der Waals surface area contributed by atoms with E-state index in [1.165, 1.54) is 23.3 Å². The Morgan fingerprint density at radius 1 is 1.10 bits per heavy atom. The van der Waals surface area contributed by atoms with E-state index >= 15 is 0 Å². The van der Waals surface area contributed by atoms with Crippen molar-refractivity contribution < 1.29 is 9.18 Å². The number of hydrogen-bond donors (Lipinski definition) is 2. The van der Waals surface area contributed by atoms with Crippen LogP contribution in [0.5, 0.6) is 0 Å². The Morgan fingerprint density at radius 2 is 1.93 bits per heavy atom. The van der Waals surface area contributed by atoms with Crippen LogP contribution in [0.4, 0.5) is 4.39 Å². The zero-order valence-corrected chi connectivity index (χ0v) is 22.4. The van der Waals surface area contributed by atoms with Crippen molar-refractivity contribution in [3.05, 3.63) is 125 Å². The molecule has 2 heterocycles. The fourth-order valence-corrected chi connectivity index (χ4v) is 6.87. The Hall–Kier alpha value is -4.45. The lowest BCUT2D eigenvalue weighted by molar-refractivity contribution is 0.0925. The molecule has 0 spiro atoms. The summed E-state index contributed by atoms with van der Waals surface area (Å²) in [6, 6.07) is 24.5. The monoisotopic (exact) mass is 530 g/mol. The minimum Gasteiger partial charge on any atom is -0.361 e. The van der Waals surface area contributed by atoms with E-state index in [2.05, 4.69) is 40.5 Å². The van der Waals surface area contributed by atoms with Crippen molar-refractivity contribution in [2.75, 3.05) is 0 Å². The van der Waals surface area contributed by atoms with Crippen molar-refractivity contribution in [1.29, 1.82) is 0 Å². The first-order chi connectivity index (χ1) is 19.5. The van der Waals surface area contributed by atoms with E-state index in [4.69, 9.17) is 0 Å². The molecule has 6 heteroatoms. The number of nitrogens with zero attached hydrogens (tertiary/aromatic N) is 2. The van der Waals surface area contributed by atoms with E-state index in [1.54, 1.807) is 12.1 Å². The third-order valence-corrected chi connectivity index (χ3v) is 9.09. The molecule has 0 aliphatic heterocycles. The average Bonchev–Trinajstić information content (AvgIpc) is 3.69. The van der Waals surface area contributed by atoms with Crippen molar-refractivity contribution in [1.82, 2.24) is 20.1 Å². The number of aromatic nitrogens is 3. The van der Waals surface area contributed by atoms with Gasteiger partial charge in [-0.1, -0.05) is 48.9 Å². The number of aromatic amines is 1. The van der Waals surface area contributed by atoms with Gasteiger partial charge >= 0.3 is 0 Å². The van der Waals surface area contributed by atoms with E-state index in [9.17, 15) is 9.18 Å². The van der Waals surface area contributed by atoms with Crippen LogP contribution in [0.15, 0.2) is 96.8 Å². The van der Waals surface area contributed by atoms with Gasteiger partial charge in [-0.2, -0.15) is 5.10 Å². The highest BCUT2D eigenvalue weighted by atomic mass is 19.1. The van der Waals surface area contributed by atoms with Gasteiger partial charge in [0.1, 0.15) is 5.82 Å². The molecule has 2 aliphatic rings. The summed E-state index contributed by atoms with van der Waals surface area (Å²) >= 11 is 0. The molecule has 3 aromatic carbocycles. The predicted molar refractivity (Wildman–Crippen MR) is 156 cm³/mol. The standard InChI is InChI=1S/C34H31FN4O/c1-34-20-23-21-37-39(27-14-12-26(35)13-15-27)32(23)19-25(34)11-10-24(34)18-31(22-6-3-2-4-7-22)38-33(40)29-8-5-9-30-28(29)16-17-36-30/h2-9,12-17,19,21,24,31,36H,10-11,18,20H2,1H3,(H,38,40). The van der Waals surface area contributed by atoms with Gasteiger partial charge in [-0.05, 0) is 96.7 Å². The van der Waals surface area contributed by atoms with Crippen LogP contribution in [0, 0.1) is 17.2 Å². The Morgan fingerprint density at radius 3 is 2.75 bits per heavy atom. The summed E-state index contributed by atoms with van der Waals surface area (Å²) in [4.78, 5) is 16.8. The van der Waals surface area contributed by atoms with Gasteiger partial charge in [0.2, 0.25) is 0 Å². The van der Waals surface area contributed by atoms with Crippen LogP contribution in [0.1, 0.15) is 59.4 Å². The number of nitrogens with one attached hydrogen (secondary N) is 2. The lowest BCUT2D eigenvalue weighted by atomic mass is 9.68. The summed E-state index contributed by atoms with van der Waals surface area (Å²) < 4.78 is 15.4. The average molecular weight is 531 g/mol. The molecule has 3 unspecified atom stereocenters. The Bertz CT molecular complexity index is 1730. The molecule has 1 saturated carbocycles. The largest absolute Gasteiger partial charge is 0.361 e. The zero-order valence-electron chi connectivity index (χ0n) is 22.4. The number of rotatable bonds is 6. The third-order valence-electron chi connectivity index (χ3n) is 9.09. The highest BCUT2D eigenvalue weighted by molar-refractivity contribution is 6.06. The van der Waals surface area contributed by atoms with Crippen molar-refractivity contribution in [3.63, 3.8) is 0 Å². The third kappa shape index (κ3) is 4.15. The maximum Gasteiger partial charge on any atom is 0.252 e. The quantitative estimate of drug-likeness (QED) is 0.240. The molecule has 0 saturated heterocycles. The molecule has 5 nitrogen and oxygen atoms in total. The second-order valence-corrected chi connectivity index (χ2v) is 11.4. The first kappa shape index (κ1) is 24.6. The van der Waals surface area contributed by atoms with Gasteiger partial charge in [0.05, 0.1) is 23.6 Å². The lowest BCUT2D eigenvalue weighted by Crippen LogP contribution is -2.35. The Balaban J connectivity index is 1.17. The first-order valence-electron chi connectivity index (χ1n) is 14.0. The molecule has 0 radical (unpaired) electrons. The van der Waals surface area contributed by atoms with Crippen molar-refractivity contribution in [2.24, 2.45) is 11.3 Å². The highest BCUT2D eigenvalue weighted by Gasteiger charge is 2.46. The summed E-state index contributed by atoms with van der Waals surface area (Å²) in [5.74, 6) is 0.0956. The number of allylic oxidation sites excluding steroid dienone is 1. The molecule has 40 heavy (non-hydrogen) atoms. The molecular formula is C34H31FN4O. The molecule has 0 bridgehead atoms. The molecule has 1 amide bonds. The molecule has 200 valence electrons. The van der Waals surface area contributed by atoms with Gasteiger partial charge in [0.15, 0.2) is 0 Å². The number of benzene rings is 3. The topological polar surface area (TPSA) is 62.7 Å². The Labute approximate surface area is 232 Å². The van der Waals surface area contributed by atoms with Crippen LogP contribution < -0.4 is 5.32 Å². The second kappa shape index (κ2) is 9.63. The molecule has 5 aromatic rings. The first-order valence-corrected chi connectivity index (χ1v) is 14.0. The summed E-state index contributed by atoms with van der Waals surface area (Å²) in [5.41, 5.74) is 7.36. The maximum absolute atomic E-state index is 13.6. The van der Waals surface area contributed by atoms with Gasteiger partial charge in [0.25, 0.3) is 5.91 Å². The molecule has 7 rings (SSSR count). The second-order valence-electron chi connectivity index (χ2n) is 11.4. The van der Waals surface area contributed by atoms with Crippen molar-refractivity contribution >= 4 is 22.9 Å². The summed E-state index contributed by atoms with van der Waals surface area (Å²) in [7, 11) is 0. The lowest BCUT2D eigenvalue weighted by Gasteiger charge is -2.37. The van der Waals surface area contributed by atoms with E-state index in [0.717, 1.165) is 53.5 Å². The summed E-state index contributed by atoms with van der Waals surface area (Å²) in [6.45, 7) is 2.37. The van der Waals surface area contributed by atoms with Crippen LogP contribution in [0.25, 0.3) is 22.7 Å². The minimum atomic E-state index is -0.251. The maximum atomic E-state index is 13.6. The normalized spacial score (nSPS) is 20.6. The molecule has 3 atom stereocenters. The number of fused-ring (bicyclic) bond motifs is 3. The van der Waals surface area contributed by atoms with Gasteiger partial charge < -0.3 is 10.3 Å². The van der Waals surface area contributed by atoms with Gasteiger partial charge in [-0.3, -0.25) is 4.79 Å². The molecule has 2 aliphatic carbocycles. The predicted octanol–water partition coefficient (Wildman–Crippen LogP) is 7.41. The van der Waals surface area contributed by atoms with Crippen molar-refractivity contribution in [2.45, 2.75) is 38.6 Å². The van der Waals surface area contributed by atoms with Crippen LogP contribution in [-0.2, 0) is 6.42 Å². The molecule has 2 aromatic heterocycles. The summed E-state index contributed by atoms with van der Waals surface area (Å²) in [6.07, 6.45) is 9.99. The van der Waals surface area contributed by atoms with Crippen LogP contribution in [0.3, 0.4) is 0 Å². The number of halogens is 1. The number of carbonyl (C=O) groups excluding carboxylic acids is 1. The van der Waals surface area contributed by atoms with Gasteiger partial charge in [-0.15, -0.1) is 0 Å². The van der Waals surface area contributed by atoms with Crippen LogP contribution >= 0.6 is 0 Å². The van der Waals surface area contributed by atoms with Crippen molar-refractivity contribution in [3.8, 4) is 5.69 Å². The summed E-state index contributed by atoms with van der Waals surface area (Å²) in [5, 5.41) is 9.01. The molecule has 2 N–H and O–H groups in total. The number of carbonyl (C=O) groups is 1. The zero-order chi connectivity index (χ0) is 27.3. The van der Waals surface area contributed by atoms with E-state index in [0.29, 0.717) is 11.5 Å². The van der Waals surface area contributed by atoms with E-state index in [-0.39, 0.29) is 23.2 Å². The van der Waals surface area contributed by atoms with Crippen LogP contribution in [0.2, 0.25) is 0 Å². The Kier molecular flexibility index (Phi) is 5.92. The molecule has 1 fully saturated rings. The van der Waals surface area contributed by atoms with Crippen LogP contribution in [-0.4, -0.2) is 20.7 Å². The van der Waals surface area contributed by atoms with Gasteiger partial charge in [0, 0.05) is 22.7 Å². The number of H-pyrrole nitrogens is 1. The van der Waals surface area contributed by atoms with E-state index in [1.807, 2.05) is 59.5 Å².